The first-order valence-electron chi connectivity index (χ1n) is 2.71. The van der Waals surface area contributed by atoms with E-state index in [0.29, 0.717) is 17.1 Å². The third-order valence-electron chi connectivity index (χ3n) is 1.10. The molecule has 0 saturated heterocycles. The monoisotopic (exact) mass is 133 g/mol. The fraction of sp³-hybridized carbons (Fsp3) is 0. The zero-order valence-corrected chi connectivity index (χ0v) is 5.33. The number of hydrogen-bond donors (Lipinski definition) is 2. The third kappa shape index (κ3) is 1.00. The highest BCUT2D eigenvalue weighted by atomic mass is 14.8. The number of hydrogen-bond acceptors (Lipinski definition) is 3. The first kappa shape index (κ1) is 6.43. The summed E-state index contributed by atoms with van der Waals surface area (Å²) in [6.45, 7) is 0. The van der Waals surface area contributed by atoms with Crippen LogP contribution in [0, 0.1) is 12.3 Å². The van der Waals surface area contributed by atoms with Gasteiger partial charge in [0.2, 0.25) is 0 Å². The first-order chi connectivity index (χ1) is 4.74. The van der Waals surface area contributed by atoms with Crippen molar-refractivity contribution in [3.63, 3.8) is 0 Å². The lowest BCUT2D eigenvalue weighted by Gasteiger charge is -1.96. The average molecular weight is 133 g/mol. The Bertz CT molecular complexity index is 285. The van der Waals surface area contributed by atoms with E-state index in [1.54, 1.807) is 6.07 Å². The highest BCUT2D eigenvalue weighted by Gasteiger charge is 1.95. The maximum Gasteiger partial charge on any atom is 0.139 e. The number of nitrogen functional groups attached to an aromatic ring is 2. The summed E-state index contributed by atoms with van der Waals surface area (Å²) in [5, 5.41) is 0. The van der Waals surface area contributed by atoms with Crippen LogP contribution >= 0.6 is 0 Å². The molecule has 0 spiro atoms. The van der Waals surface area contributed by atoms with E-state index in [1.807, 2.05) is 0 Å². The van der Waals surface area contributed by atoms with Crippen LogP contribution in [0.1, 0.15) is 5.56 Å². The molecule has 10 heavy (non-hydrogen) atoms. The lowest BCUT2D eigenvalue weighted by atomic mass is 10.2. The molecule has 1 heterocycles. The second-order valence-electron chi connectivity index (χ2n) is 1.85. The van der Waals surface area contributed by atoms with E-state index in [-0.39, 0.29) is 0 Å². The molecule has 0 saturated carbocycles. The first-order valence-corrected chi connectivity index (χ1v) is 2.71. The van der Waals surface area contributed by atoms with Crippen LogP contribution in [0.2, 0.25) is 0 Å². The fourth-order valence-electron chi connectivity index (χ4n) is 0.607. The molecule has 50 valence electrons. The number of pyridine rings is 1. The Morgan fingerprint density at radius 1 is 1.50 bits per heavy atom. The second-order valence-corrected chi connectivity index (χ2v) is 1.85. The quantitative estimate of drug-likeness (QED) is 0.498. The summed E-state index contributed by atoms with van der Waals surface area (Å²) in [6.07, 6.45) is 6.56. The van der Waals surface area contributed by atoms with E-state index in [2.05, 4.69) is 10.9 Å². The normalized spacial score (nSPS) is 8.70. The summed E-state index contributed by atoms with van der Waals surface area (Å²) in [5.74, 6) is 2.71. The summed E-state index contributed by atoms with van der Waals surface area (Å²) >= 11 is 0. The van der Waals surface area contributed by atoms with Crippen molar-refractivity contribution in [2.24, 2.45) is 0 Å². The van der Waals surface area contributed by atoms with E-state index in [4.69, 9.17) is 17.9 Å². The van der Waals surface area contributed by atoms with Crippen LogP contribution in [0.4, 0.5) is 11.5 Å². The molecule has 0 bridgehead atoms. The Balaban J connectivity index is 3.25. The molecule has 0 aliphatic heterocycles. The SMILES string of the molecule is C#Cc1cc(N)cnc1N. The van der Waals surface area contributed by atoms with Gasteiger partial charge in [-0.3, -0.25) is 0 Å². The van der Waals surface area contributed by atoms with E-state index < -0.39 is 0 Å². The van der Waals surface area contributed by atoms with E-state index in [9.17, 15) is 0 Å². The van der Waals surface area contributed by atoms with Gasteiger partial charge in [0.25, 0.3) is 0 Å². The highest BCUT2D eigenvalue weighted by molar-refractivity contribution is 5.55. The number of aromatic nitrogens is 1. The van der Waals surface area contributed by atoms with Gasteiger partial charge in [0.15, 0.2) is 0 Å². The molecule has 0 atom stereocenters. The van der Waals surface area contributed by atoms with Crippen LogP contribution in [-0.4, -0.2) is 4.98 Å². The van der Waals surface area contributed by atoms with Crippen LogP contribution in [0.15, 0.2) is 12.3 Å². The standard InChI is InChI=1S/C7H7N3/c1-2-5-3-6(8)4-10-7(5)9/h1,3-4H,8H2,(H2,9,10). The molecule has 1 aromatic rings. The molecule has 0 aliphatic rings. The molecule has 0 aromatic carbocycles. The molecular formula is C7H7N3. The Kier molecular flexibility index (Phi) is 1.46. The zero-order chi connectivity index (χ0) is 7.56. The van der Waals surface area contributed by atoms with Gasteiger partial charge in [-0.2, -0.15) is 0 Å². The van der Waals surface area contributed by atoms with Crippen molar-refractivity contribution in [3.05, 3.63) is 17.8 Å². The predicted octanol–water partition coefficient (Wildman–Crippen LogP) is 0.227. The van der Waals surface area contributed by atoms with E-state index in [0.717, 1.165) is 0 Å². The molecule has 1 aromatic heterocycles. The van der Waals surface area contributed by atoms with Crippen molar-refractivity contribution in [2.75, 3.05) is 11.5 Å². The fourth-order valence-corrected chi connectivity index (χ4v) is 0.607. The van der Waals surface area contributed by atoms with Gasteiger partial charge in [0, 0.05) is 0 Å². The van der Waals surface area contributed by atoms with E-state index >= 15 is 0 Å². The van der Waals surface area contributed by atoms with Gasteiger partial charge in [0.1, 0.15) is 5.82 Å². The molecule has 3 heteroatoms. The van der Waals surface area contributed by atoms with Crippen molar-refractivity contribution in [1.82, 2.24) is 4.98 Å². The molecule has 3 nitrogen and oxygen atoms in total. The summed E-state index contributed by atoms with van der Waals surface area (Å²) < 4.78 is 0. The zero-order valence-electron chi connectivity index (χ0n) is 5.33. The number of rotatable bonds is 0. The van der Waals surface area contributed by atoms with Crippen LogP contribution < -0.4 is 11.5 Å². The van der Waals surface area contributed by atoms with Crippen LogP contribution in [-0.2, 0) is 0 Å². The lowest BCUT2D eigenvalue weighted by Crippen LogP contribution is -1.96. The van der Waals surface area contributed by atoms with Crippen LogP contribution in [0.3, 0.4) is 0 Å². The van der Waals surface area contributed by atoms with Crippen molar-refractivity contribution in [1.29, 1.82) is 0 Å². The molecule has 0 radical (unpaired) electrons. The van der Waals surface area contributed by atoms with Crippen LogP contribution in [0.25, 0.3) is 0 Å². The minimum absolute atomic E-state index is 0.344. The number of nitrogens with zero attached hydrogens (tertiary/aromatic N) is 1. The highest BCUT2D eigenvalue weighted by Crippen LogP contribution is 2.09. The second kappa shape index (κ2) is 2.28. The minimum Gasteiger partial charge on any atom is -0.397 e. The lowest BCUT2D eigenvalue weighted by molar-refractivity contribution is 1.33. The topological polar surface area (TPSA) is 64.9 Å². The summed E-state index contributed by atoms with van der Waals surface area (Å²) in [4.78, 5) is 3.76. The van der Waals surface area contributed by atoms with Gasteiger partial charge in [-0.05, 0) is 6.07 Å². The maximum absolute atomic E-state index is 5.39. The predicted molar refractivity (Wildman–Crippen MR) is 41.0 cm³/mol. The Hall–Kier alpha value is -1.69. The maximum atomic E-state index is 5.39. The van der Waals surface area contributed by atoms with Crippen molar-refractivity contribution < 1.29 is 0 Å². The smallest absolute Gasteiger partial charge is 0.139 e. The number of nitrogens with two attached hydrogens (primary N) is 2. The van der Waals surface area contributed by atoms with Gasteiger partial charge < -0.3 is 11.5 Å². The van der Waals surface area contributed by atoms with Gasteiger partial charge in [-0.25, -0.2) is 4.98 Å². The Morgan fingerprint density at radius 2 is 2.20 bits per heavy atom. The van der Waals surface area contributed by atoms with Gasteiger partial charge in [0.05, 0.1) is 17.4 Å². The largest absolute Gasteiger partial charge is 0.397 e. The summed E-state index contributed by atoms with van der Waals surface area (Å²) in [6, 6.07) is 1.61. The van der Waals surface area contributed by atoms with E-state index in [1.165, 1.54) is 6.20 Å². The molecule has 0 amide bonds. The Morgan fingerprint density at radius 3 is 2.70 bits per heavy atom. The molecule has 0 aliphatic carbocycles. The summed E-state index contributed by atoms with van der Waals surface area (Å²) in [7, 11) is 0. The molecule has 0 unspecified atom stereocenters. The van der Waals surface area contributed by atoms with Crippen molar-refractivity contribution >= 4 is 11.5 Å². The molecular weight excluding hydrogens is 126 g/mol. The average Bonchev–Trinajstić information content (AvgIpc) is 1.94. The van der Waals surface area contributed by atoms with Crippen molar-refractivity contribution in [3.8, 4) is 12.3 Å². The summed E-state index contributed by atoms with van der Waals surface area (Å²) in [5.41, 5.74) is 11.9. The van der Waals surface area contributed by atoms with Crippen molar-refractivity contribution in [2.45, 2.75) is 0 Å². The number of anilines is 2. The van der Waals surface area contributed by atoms with Crippen LogP contribution in [0.5, 0.6) is 0 Å². The molecule has 1 rings (SSSR count). The van der Waals surface area contributed by atoms with Gasteiger partial charge >= 0.3 is 0 Å². The Labute approximate surface area is 59.1 Å². The molecule has 0 fully saturated rings. The van der Waals surface area contributed by atoms with Gasteiger partial charge in [-0.15, -0.1) is 6.42 Å². The third-order valence-corrected chi connectivity index (χ3v) is 1.10. The number of terminal acetylenes is 1. The molecule has 4 N–H and O–H groups in total. The minimum atomic E-state index is 0.344. The van der Waals surface area contributed by atoms with Gasteiger partial charge in [-0.1, -0.05) is 5.92 Å².